The number of carbonyl (C=O) groups excluding carboxylic acids is 1. The Balaban J connectivity index is 4.13. The van der Waals surface area contributed by atoms with Gasteiger partial charge in [-0.05, 0) is 77.0 Å². The van der Waals surface area contributed by atoms with Crippen LogP contribution in [0.5, 0.6) is 0 Å². The summed E-state index contributed by atoms with van der Waals surface area (Å²) in [5.74, 6) is -0.389. The molecule has 8 nitrogen and oxygen atoms in total. The molecule has 0 aromatic carbocycles. The summed E-state index contributed by atoms with van der Waals surface area (Å²) in [7, 11) is -4.30. The van der Waals surface area contributed by atoms with Crippen LogP contribution in [-0.2, 0) is 27.9 Å². The van der Waals surface area contributed by atoms with Crippen LogP contribution in [0.4, 0.5) is 0 Å². The van der Waals surface area contributed by atoms with Crippen molar-refractivity contribution in [3.8, 4) is 0 Å². The van der Waals surface area contributed by atoms with E-state index in [0.717, 1.165) is 51.4 Å². The van der Waals surface area contributed by atoms with Crippen LogP contribution in [0.3, 0.4) is 0 Å². The molecule has 0 aliphatic rings. The highest BCUT2D eigenvalue weighted by molar-refractivity contribution is 7.47. The lowest BCUT2D eigenvalue weighted by molar-refractivity contribution is -0.154. The second kappa shape index (κ2) is 43.1. The number of phosphoric acid groups is 1. The van der Waals surface area contributed by atoms with E-state index in [2.05, 4.69) is 86.8 Å². The zero-order valence-electron chi connectivity index (χ0n) is 35.1. The van der Waals surface area contributed by atoms with Crippen LogP contribution < -0.4 is 5.73 Å². The third-order valence-electron chi connectivity index (χ3n) is 8.86. The number of esters is 1. The molecular formula is C46H82NO7P. The standard InChI is InChI=1S/C46H82NO7P/c1-3-5-7-9-11-13-15-17-19-21-22-24-26-28-30-32-34-36-38-41-51-43-45(44-53-55(49,50)52-42-40-47)54-46(48)39-37-35-33-31-29-27-25-23-20-18-16-14-12-10-8-6-4-2/h6,8,12,14,18-21,25,27,31,33,45H,3-5,7,9-11,13,15-17,22-24,26,28-30,32,34-44,47H2,1-2H3,(H,49,50)/b8-6-,14-12-,20-18-,21-19-,27-25-,33-31-. The highest BCUT2D eigenvalue weighted by atomic mass is 31.2. The molecule has 0 aliphatic heterocycles. The number of hydrogen-bond donors (Lipinski definition) is 2. The van der Waals surface area contributed by atoms with Crippen LogP contribution in [0.1, 0.15) is 174 Å². The Bertz CT molecular complexity index is 1070. The number of unbranched alkanes of at least 4 members (excludes halogenated alkanes) is 16. The van der Waals surface area contributed by atoms with Gasteiger partial charge in [-0.25, -0.2) is 4.57 Å². The van der Waals surface area contributed by atoms with Crippen molar-refractivity contribution in [1.29, 1.82) is 0 Å². The van der Waals surface area contributed by atoms with Gasteiger partial charge >= 0.3 is 13.8 Å². The molecule has 0 heterocycles. The fraction of sp³-hybridized carbons (Fsp3) is 0.717. The molecule has 0 bridgehead atoms. The van der Waals surface area contributed by atoms with E-state index >= 15 is 0 Å². The summed E-state index contributed by atoms with van der Waals surface area (Å²) in [6.45, 7) is 4.71. The largest absolute Gasteiger partial charge is 0.472 e. The first-order valence-electron chi connectivity index (χ1n) is 21.9. The number of rotatable bonds is 41. The van der Waals surface area contributed by atoms with E-state index in [9.17, 15) is 14.3 Å². The fourth-order valence-electron chi connectivity index (χ4n) is 5.67. The van der Waals surface area contributed by atoms with Gasteiger partial charge in [0.1, 0.15) is 6.10 Å². The molecular weight excluding hydrogens is 709 g/mol. The second-order valence-corrected chi connectivity index (χ2v) is 15.6. The average molecular weight is 792 g/mol. The topological polar surface area (TPSA) is 117 Å². The van der Waals surface area contributed by atoms with Gasteiger partial charge in [-0.3, -0.25) is 13.8 Å². The molecule has 2 unspecified atom stereocenters. The van der Waals surface area contributed by atoms with Crippen molar-refractivity contribution in [1.82, 2.24) is 0 Å². The van der Waals surface area contributed by atoms with Crippen molar-refractivity contribution >= 4 is 13.8 Å². The Kier molecular flexibility index (Phi) is 41.5. The fourth-order valence-corrected chi connectivity index (χ4v) is 6.44. The van der Waals surface area contributed by atoms with Crippen LogP contribution in [0, 0.1) is 0 Å². The third-order valence-corrected chi connectivity index (χ3v) is 9.84. The Morgan fingerprint density at radius 2 is 1.02 bits per heavy atom. The molecule has 0 saturated heterocycles. The van der Waals surface area contributed by atoms with Gasteiger partial charge in [-0.15, -0.1) is 0 Å². The molecule has 0 aliphatic carbocycles. The molecule has 0 saturated carbocycles. The van der Waals surface area contributed by atoms with E-state index in [-0.39, 0.29) is 38.8 Å². The van der Waals surface area contributed by atoms with Crippen molar-refractivity contribution in [3.63, 3.8) is 0 Å². The number of allylic oxidation sites excluding steroid dienone is 12. The summed E-state index contributed by atoms with van der Waals surface area (Å²) < 4.78 is 33.4. The Morgan fingerprint density at radius 1 is 0.564 bits per heavy atom. The zero-order valence-corrected chi connectivity index (χ0v) is 36.0. The summed E-state index contributed by atoms with van der Waals surface area (Å²) in [5, 5.41) is 0. The Labute approximate surface area is 337 Å². The number of carbonyl (C=O) groups is 1. The minimum absolute atomic E-state index is 0.0877. The van der Waals surface area contributed by atoms with E-state index in [1.54, 1.807) is 0 Å². The van der Waals surface area contributed by atoms with Gasteiger partial charge in [0.25, 0.3) is 0 Å². The van der Waals surface area contributed by atoms with Crippen LogP contribution >= 0.6 is 7.82 Å². The first-order valence-corrected chi connectivity index (χ1v) is 23.4. The maximum Gasteiger partial charge on any atom is 0.472 e. The maximum absolute atomic E-state index is 12.6. The van der Waals surface area contributed by atoms with Gasteiger partial charge in [0.05, 0.1) is 19.8 Å². The highest BCUT2D eigenvalue weighted by Gasteiger charge is 2.25. The summed E-state index contributed by atoms with van der Waals surface area (Å²) in [6.07, 6.45) is 53.6. The number of hydrogen-bond acceptors (Lipinski definition) is 7. The maximum atomic E-state index is 12.6. The van der Waals surface area contributed by atoms with Gasteiger partial charge < -0.3 is 20.1 Å². The lowest BCUT2D eigenvalue weighted by Crippen LogP contribution is -2.28. The predicted octanol–water partition coefficient (Wildman–Crippen LogP) is 13.1. The summed E-state index contributed by atoms with van der Waals surface area (Å²) >= 11 is 0. The number of nitrogens with two attached hydrogens (primary N) is 1. The van der Waals surface area contributed by atoms with Crippen molar-refractivity contribution < 1.29 is 32.8 Å². The molecule has 0 aromatic rings. The van der Waals surface area contributed by atoms with Gasteiger partial charge in [0.15, 0.2) is 0 Å². The Morgan fingerprint density at radius 3 is 1.55 bits per heavy atom. The first kappa shape index (κ1) is 52.9. The second-order valence-electron chi connectivity index (χ2n) is 14.2. The molecule has 9 heteroatoms. The minimum atomic E-state index is -4.30. The molecule has 0 amide bonds. The molecule has 318 valence electrons. The lowest BCUT2D eigenvalue weighted by atomic mass is 10.1. The van der Waals surface area contributed by atoms with Crippen molar-refractivity contribution in [2.24, 2.45) is 5.73 Å². The van der Waals surface area contributed by atoms with Crippen molar-refractivity contribution in [2.75, 3.05) is 33.0 Å². The molecule has 0 aromatic heterocycles. The number of ether oxygens (including phenoxy) is 2. The average Bonchev–Trinajstić information content (AvgIpc) is 3.17. The van der Waals surface area contributed by atoms with Gasteiger partial charge in [-0.2, -0.15) is 0 Å². The van der Waals surface area contributed by atoms with Gasteiger partial charge in [0.2, 0.25) is 0 Å². The zero-order chi connectivity index (χ0) is 40.2. The third kappa shape index (κ3) is 42.9. The highest BCUT2D eigenvalue weighted by Crippen LogP contribution is 2.43. The first-order chi connectivity index (χ1) is 26.9. The lowest BCUT2D eigenvalue weighted by Gasteiger charge is -2.20. The minimum Gasteiger partial charge on any atom is -0.457 e. The monoisotopic (exact) mass is 792 g/mol. The van der Waals surface area contributed by atoms with Crippen LogP contribution in [0.15, 0.2) is 72.9 Å². The molecule has 0 fully saturated rings. The van der Waals surface area contributed by atoms with Crippen LogP contribution in [-0.4, -0.2) is 49.9 Å². The smallest absolute Gasteiger partial charge is 0.457 e. The van der Waals surface area contributed by atoms with Crippen molar-refractivity contribution in [2.45, 2.75) is 180 Å². The molecule has 0 radical (unpaired) electrons. The quantitative estimate of drug-likeness (QED) is 0.0272. The number of phosphoric ester groups is 1. The summed E-state index contributed by atoms with van der Waals surface area (Å²) in [5.41, 5.74) is 5.36. The SMILES string of the molecule is CC/C=C\C/C=C\C/C=C\C/C=C\C/C=C\CCCC(=O)OC(COCCCCCCCCCC/C=C\CCCCCCCCC)COP(=O)(O)OCCN. The van der Waals surface area contributed by atoms with E-state index in [1.807, 2.05) is 0 Å². The molecule has 0 rings (SSSR count). The summed E-state index contributed by atoms with van der Waals surface area (Å²) in [4.78, 5) is 22.5. The van der Waals surface area contributed by atoms with Gasteiger partial charge in [0, 0.05) is 19.6 Å². The van der Waals surface area contributed by atoms with E-state index in [1.165, 1.54) is 96.3 Å². The molecule has 2 atom stereocenters. The summed E-state index contributed by atoms with van der Waals surface area (Å²) in [6, 6.07) is 0. The van der Waals surface area contributed by atoms with E-state index in [4.69, 9.17) is 24.3 Å². The molecule has 3 N–H and O–H groups in total. The van der Waals surface area contributed by atoms with Crippen LogP contribution in [0.2, 0.25) is 0 Å². The van der Waals surface area contributed by atoms with E-state index in [0.29, 0.717) is 13.0 Å². The molecule has 55 heavy (non-hydrogen) atoms. The molecule has 0 spiro atoms. The van der Waals surface area contributed by atoms with Gasteiger partial charge in [-0.1, -0.05) is 164 Å². The van der Waals surface area contributed by atoms with Crippen LogP contribution in [0.25, 0.3) is 0 Å². The normalized spacial score (nSPS) is 14.2. The predicted molar refractivity (Wildman–Crippen MR) is 233 cm³/mol. The van der Waals surface area contributed by atoms with E-state index < -0.39 is 13.9 Å². The Hall–Kier alpha value is -2.06. The van der Waals surface area contributed by atoms with Crippen molar-refractivity contribution in [3.05, 3.63) is 72.9 Å².